The molecule has 184 valence electrons. The van der Waals surface area contributed by atoms with Crippen LogP contribution in [0.3, 0.4) is 0 Å². The number of anilines is 2. The lowest BCUT2D eigenvalue weighted by atomic mass is 10.1. The molecule has 0 saturated carbocycles. The lowest BCUT2D eigenvalue weighted by molar-refractivity contribution is 0.0984. The molecule has 4 aromatic rings. The van der Waals surface area contributed by atoms with Crippen LogP contribution in [0.15, 0.2) is 60.7 Å². The van der Waals surface area contributed by atoms with E-state index < -0.39 is 15.7 Å². The van der Waals surface area contributed by atoms with Gasteiger partial charge in [-0.05, 0) is 48.9 Å². The van der Waals surface area contributed by atoms with Gasteiger partial charge in [0.2, 0.25) is 0 Å². The van der Waals surface area contributed by atoms with E-state index >= 15 is 0 Å². The number of aryl methyl sites for hydroxylation is 1. The molecular formula is C26H24N4O5S. The second-order valence-corrected chi connectivity index (χ2v) is 10.8. The highest BCUT2D eigenvalue weighted by atomic mass is 32.2. The van der Waals surface area contributed by atoms with Gasteiger partial charge in [0.25, 0.3) is 11.8 Å². The molecule has 0 spiro atoms. The van der Waals surface area contributed by atoms with Gasteiger partial charge in [-0.1, -0.05) is 24.3 Å². The maximum atomic E-state index is 13.5. The molecule has 0 bridgehead atoms. The average Bonchev–Trinajstić information content (AvgIpc) is 3.18. The van der Waals surface area contributed by atoms with Gasteiger partial charge in [-0.3, -0.25) is 9.59 Å². The Morgan fingerprint density at radius 2 is 1.89 bits per heavy atom. The molecule has 0 radical (unpaired) electrons. The van der Waals surface area contributed by atoms with Crippen molar-refractivity contribution >= 4 is 44.1 Å². The molecule has 0 fully saturated rings. The first-order chi connectivity index (χ1) is 17.3. The van der Waals surface area contributed by atoms with E-state index in [9.17, 15) is 18.0 Å². The third kappa shape index (κ3) is 4.42. The van der Waals surface area contributed by atoms with Crippen LogP contribution in [-0.2, 0) is 15.6 Å². The molecule has 10 heteroatoms. The Hall–Kier alpha value is -4.18. The Morgan fingerprint density at radius 3 is 2.69 bits per heavy atom. The minimum absolute atomic E-state index is 0.0375. The van der Waals surface area contributed by atoms with Crippen molar-refractivity contribution in [1.29, 1.82) is 0 Å². The molecule has 0 atom stereocenters. The summed E-state index contributed by atoms with van der Waals surface area (Å²) >= 11 is 0. The lowest BCUT2D eigenvalue weighted by Gasteiger charge is -2.23. The van der Waals surface area contributed by atoms with Crippen LogP contribution in [0, 0.1) is 6.92 Å². The zero-order valence-corrected chi connectivity index (χ0v) is 20.6. The number of imidazole rings is 1. The minimum Gasteiger partial charge on any atom is -0.496 e. The number of benzene rings is 3. The fraction of sp³-hybridized carbons (Fsp3) is 0.192. The molecule has 1 aliphatic heterocycles. The van der Waals surface area contributed by atoms with Gasteiger partial charge in [0.15, 0.2) is 9.84 Å². The quantitative estimate of drug-likeness (QED) is 0.437. The van der Waals surface area contributed by atoms with Gasteiger partial charge in [-0.25, -0.2) is 13.4 Å². The van der Waals surface area contributed by atoms with E-state index in [2.05, 4.69) is 15.3 Å². The van der Waals surface area contributed by atoms with Crippen molar-refractivity contribution < 1.29 is 22.7 Å². The number of para-hydroxylation sites is 2. The largest absolute Gasteiger partial charge is 0.496 e. The predicted molar refractivity (Wildman–Crippen MR) is 137 cm³/mol. The first kappa shape index (κ1) is 23.6. The van der Waals surface area contributed by atoms with E-state index in [1.165, 1.54) is 24.1 Å². The molecule has 0 aliphatic carbocycles. The molecule has 0 unspecified atom stereocenters. The van der Waals surface area contributed by atoms with Crippen molar-refractivity contribution in [2.24, 2.45) is 0 Å². The van der Waals surface area contributed by atoms with Crippen LogP contribution >= 0.6 is 0 Å². The third-order valence-corrected chi connectivity index (χ3v) is 7.66. The van der Waals surface area contributed by atoms with Crippen molar-refractivity contribution in [3.8, 4) is 5.75 Å². The standard InChI is InChI=1S/C26H24N4O5S/c1-16-27-20-7-5-8-21(24(20)28-16)29-25(31)19-11-10-17(14-23(19)35-2)26(32)30-12-13-36(33,34)15-18-6-3-4-9-22(18)30/h3-11,14H,12-13,15H2,1-2H3,(H,27,28)(H,29,31). The maximum Gasteiger partial charge on any atom is 0.259 e. The number of aromatic nitrogens is 2. The number of methoxy groups -OCH3 is 1. The number of amides is 2. The zero-order chi connectivity index (χ0) is 25.4. The zero-order valence-electron chi connectivity index (χ0n) is 19.7. The van der Waals surface area contributed by atoms with Gasteiger partial charge >= 0.3 is 0 Å². The number of nitrogens with zero attached hydrogens (tertiary/aromatic N) is 2. The SMILES string of the molecule is COc1cc(C(=O)N2CCS(=O)(=O)Cc3ccccc32)ccc1C(=O)Nc1cccc2[nH]c(C)nc12. The molecule has 2 N–H and O–H groups in total. The van der Waals surface area contributed by atoms with Crippen molar-refractivity contribution in [2.45, 2.75) is 12.7 Å². The van der Waals surface area contributed by atoms with Gasteiger partial charge in [0.05, 0.1) is 35.4 Å². The van der Waals surface area contributed by atoms with Crippen molar-refractivity contribution in [3.63, 3.8) is 0 Å². The number of aromatic amines is 1. The highest BCUT2D eigenvalue weighted by Crippen LogP contribution is 2.30. The lowest BCUT2D eigenvalue weighted by Crippen LogP contribution is -2.34. The minimum atomic E-state index is -3.33. The maximum absolute atomic E-state index is 13.5. The van der Waals surface area contributed by atoms with Crippen LogP contribution in [0.5, 0.6) is 5.75 Å². The topological polar surface area (TPSA) is 121 Å². The van der Waals surface area contributed by atoms with Crippen LogP contribution in [0.25, 0.3) is 11.0 Å². The predicted octanol–water partition coefficient (Wildman–Crippen LogP) is 3.71. The van der Waals surface area contributed by atoms with Gasteiger partial charge in [-0.15, -0.1) is 0 Å². The Balaban J connectivity index is 1.45. The van der Waals surface area contributed by atoms with Gasteiger partial charge in [0.1, 0.15) is 17.1 Å². The van der Waals surface area contributed by atoms with E-state index in [4.69, 9.17) is 4.74 Å². The highest BCUT2D eigenvalue weighted by Gasteiger charge is 2.28. The molecule has 0 saturated heterocycles. The Labute approximate surface area is 208 Å². The van der Waals surface area contributed by atoms with Crippen molar-refractivity contribution in [1.82, 2.24) is 9.97 Å². The van der Waals surface area contributed by atoms with Crippen LogP contribution in [0.1, 0.15) is 32.1 Å². The third-order valence-electron chi connectivity index (χ3n) is 6.10. The number of carbonyl (C=O) groups is 2. The van der Waals surface area contributed by atoms with Crippen LogP contribution in [0.4, 0.5) is 11.4 Å². The van der Waals surface area contributed by atoms with Crippen molar-refractivity contribution in [3.05, 3.63) is 83.2 Å². The number of sulfone groups is 1. The second kappa shape index (κ2) is 9.12. The number of nitrogens with one attached hydrogen (secondary N) is 2. The van der Waals surface area contributed by atoms with E-state index in [0.29, 0.717) is 22.5 Å². The number of hydrogen-bond acceptors (Lipinski definition) is 6. The summed E-state index contributed by atoms with van der Waals surface area (Å²) in [6.07, 6.45) is 0. The summed E-state index contributed by atoms with van der Waals surface area (Å²) in [4.78, 5) is 35.6. The summed E-state index contributed by atoms with van der Waals surface area (Å²) in [5.41, 5.74) is 3.66. The van der Waals surface area contributed by atoms with Crippen molar-refractivity contribution in [2.75, 3.05) is 29.6 Å². The van der Waals surface area contributed by atoms with Crippen LogP contribution in [0.2, 0.25) is 0 Å². The number of hydrogen-bond donors (Lipinski definition) is 2. The van der Waals surface area contributed by atoms with Gasteiger partial charge in [-0.2, -0.15) is 0 Å². The van der Waals surface area contributed by atoms with E-state index in [1.807, 2.05) is 19.1 Å². The number of H-pyrrole nitrogens is 1. The number of carbonyl (C=O) groups excluding carboxylic acids is 2. The monoisotopic (exact) mass is 504 g/mol. The fourth-order valence-corrected chi connectivity index (χ4v) is 5.70. The molecule has 2 heterocycles. The highest BCUT2D eigenvalue weighted by molar-refractivity contribution is 7.90. The van der Waals surface area contributed by atoms with Crippen LogP contribution < -0.4 is 15.0 Å². The smallest absolute Gasteiger partial charge is 0.259 e. The fourth-order valence-electron chi connectivity index (χ4n) is 4.38. The first-order valence-corrected chi connectivity index (χ1v) is 13.1. The summed E-state index contributed by atoms with van der Waals surface area (Å²) in [6.45, 7) is 1.87. The summed E-state index contributed by atoms with van der Waals surface area (Å²) in [6, 6.07) is 17.0. The van der Waals surface area contributed by atoms with Gasteiger partial charge < -0.3 is 19.9 Å². The summed E-state index contributed by atoms with van der Waals surface area (Å²) in [7, 11) is -1.91. The van der Waals surface area contributed by atoms with E-state index in [-0.39, 0.29) is 40.8 Å². The molecule has 5 rings (SSSR count). The summed E-state index contributed by atoms with van der Waals surface area (Å²) < 4.78 is 30.2. The molecule has 36 heavy (non-hydrogen) atoms. The number of rotatable bonds is 4. The number of fused-ring (bicyclic) bond motifs is 2. The second-order valence-electron chi connectivity index (χ2n) is 8.57. The van der Waals surface area contributed by atoms with Gasteiger partial charge in [0, 0.05) is 17.8 Å². The molecule has 2 amide bonds. The normalized spacial score (nSPS) is 14.7. The Kier molecular flexibility index (Phi) is 5.97. The molecule has 1 aliphatic rings. The van der Waals surface area contributed by atoms with E-state index in [1.54, 1.807) is 36.4 Å². The molecule has 1 aromatic heterocycles. The first-order valence-electron chi connectivity index (χ1n) is 11.3. The van der Waals surface area contributed by atoms with Crippen LogP contribution in [-0.4, -0.2) is 49.6 Å². The van der Waals surface area contributed by atoms with E-state index in [0.717, 1.165) is 11.3 Å². The molecule has 3 aromatic carbocycles. The number of ether oxygens (including phenoxy) is 1. The molecular weight excluding hydrogens is 480 g/mol. The average molecular weight is 505 g/mol. The Bertz CT molecular complexity index is 1610. The molecule has 9 nitrogen and oxygen atoms in total. The summed E-state index contributed by atoms with van der Waals surface area (Å²) in [5, 5.41) is 2.87. The summed E-state index contributed by atoms with van der Waals surface area (Å²) in [5.74, 6) is -0.0812. The Morgan fingerprint density at radius 1 is 1.08 bits per heavy atom.